The van der Waals surface area contributed by atoms with Gasteiger partial charge in [0.15, 0.2) is 0 Å². The van der Waals surface area contributed by atoms with Crippen LogP contribution in [-0.2, 0) is 9.53 Å². The Bertz CT molecular complexity index is 190. The number of esters is 1. The van der Waals surface area contributed by atoms with Gasteiger partial charge >= 0.3 is 5.97 Å². The van der Waals surface area contributed by atoms with E-state index in [0.29, 0.717) is 12.8 Å². The van der Waals surface area contributed by atoms with Crippen LogP contribution in [0.3, 0.4) is 0 Å². The minimum atomic E-state index is -0.611. The van der Waals surface area contributed by atoms with Gasteiger partial charge in [0.2, 0.25) is 0 Å². The number of hydrogen-bond donors (Lipinski definition) is 1. The third-order valence-corrected chi connectivity index (χ3v) is 2.63. The molecule has 1 aliphatic carbocycles. The molecule has 0 heterocycles. The second kappa shape index (κ2) is 3.66. The van der Waals surface area contributed by atoms with Crippen molar-refractivity contribution in [2.45, 2.75) is 51.7 Å². The normalized spacial score (nSPS) is 34.9. The zero-order chi connectivity index (χ0) is 10.1. The first-order valence-corrected chi connectivity index (χ1v) is 4.87. The maximum absolute atomic E-state index is 11.3. The predicted molar refractivity (Wildman–Crippen MR) is 49.2 cm³/mol. The zero-order valence-electron chi connectivity index (χ0n) is 8.54. The Morgan fingerprint density at radius 1 is 1.69 bits per heavy atom. The van der Waals surface area contributed by atoms with Crippen molar-refractivity contribution in [2.75, 3.05) is 0 Å². The quantitative estimate of drug-likeness (QED) is 0.679. The lowest BCUT2D eigenvalue weighted by Crippen LogP contribution is -2.47. The molecule has 1 rings (SSSR count). The molecular weight excluding hydrogens is 168 g/mol. The van der Waals surface area contributed by atoms with Crippen LogP contribution in [0.2, 0.25) is 0 Å². The molecule has 1 saturated carbocycles. The summed E-state index contributed by atoms with van der Waals surface area (Å²) in [6, 6.07) is 0. The molecule has 1 aliphatic rings. The number of hydrogen-bond acceptors (Lipinski definition) is 3. The van der Waals surface area contributed by atoms with Crippen LogP contribution in [0.1, 0.15) is 40.0 Å². The summed E-state index contributed by atoms with van der Waals surface area (Å²) in [7, 11) is 0. The highest BCUT2D eigenvalue weighted by Gasteiger charge is 2.41. The largest absolute Gasteiger partial charge is 0.462 e. The topological polar surface area (TPSA) is 46.5 Å². The standard InChI is InChI=1S/C10H18O3/c1-4-7(2)9(11)13-8-5-10(3,12)6-8/h7-8,12H,4-6H2,1-3H3. The number of ether oxygens (including phenoxy) is 1. The van der Waals surface area contributed by atoms with E-state index in [1.807, 2.05) is 13.8 Å². The highest BCUT2D eigenvalue weighted by Crippen LogP contribution is 2.34. The van der Waals surface area contributed by atoms with E-state index in [-0.39, 0.29) is 18.0 Å². The first kappa shape index (κ1) is 10.5. The van der Waals surface area contributed by atoms with Gasteiger partial charge in [0.1, 0.15) is 6.10 Å². The van der Waals surface area contributed by atoms with E-state index in [2.05, 4.69) is 0 Å². The maximum Gasteiger partial charge on any atom is 0.308 e. The lowest BCUT2D eigenvalue weighted by atomic mass is 9.79. The highest BCUT2D eigenvalue weighted by atomic mass is 16.5. The molecule has 1 fully saturated rings. The van der Waals surface area contributed by atoms with Crippen molar-refractivity contribution in [3.63, 3.8) is 0 Å². The zero-order valence-corrected chi connectivity index (χ0v) is 8.54. The molecule has 0 aromatic rings. The summed E-state index contributed by atoms with van der Waals surface area (Å²) in [6.07, 6.45) is 1.91. The molecule has 0 aromatic heterocycles. The molecule has 1 N–H and O–H groups in total. The number of carbonyl (C=O) groups is 1. The molecule has 0 saturated heterocycles. The average molecular weight is 186 g/mol. The average Bonchev–Trinajstić information content (AvgIpc) is 1.99. The molecule has 3 nitrogen and oxygen atoms in total. The van der Waals surface area contributed by atoms with E-state index < -0.39 is 5.60 Å². The first-order chi connectivity index (χ1) is 5.94. The van der Waals surface area contributed by atoms with Crippen LogP contribution in [0.15, 0.2) is 0 Å². The Balaban J connectivity index is 2.24. The summed E-state index contributed by atoms with van der Waals surface area (Å²) in [6.45, 7) is 5.59. The number of rotatable bonds is 3. The molecule has 3 heteroatoms. The highest BCUT2D eigenvalue weighted by molar-refractivity contribution is 5.72. The fourth-order valence-corrected chi connectivity index (χ4v) is 1.45. The maximum atomic E-state index is 11.3. The Morgan fingerprint density at radius 3 is 2.62 bits per heavy atom. The molecule has 1 atom stereocenters. The molecule has 0 spiro atoms. The summed E-state index contributed by atoms with van der Waals surface area (Å²) >= 11 is 0. The lowest BCUT2D eigenvalue weighted by Gasteiger charge is -2.40. The number of carbonyl (C=O) groups excluding carboxylic acids is 1. The molecule has 0 aromatic carbocycles. The van der Waals surface area contributed by atoms with Crippen molar-refractivity contribution in [3.05, 3.63) is 0 Å². The molecule has 0 radical (unpaired) electrons. The van der Waals surface area contributed by atoms with E-state index in [1.54, 1.807) is 6.92 Å². The van der Waals surface area contributed by atoms with E-state index >= 15 is 0 Å². The fourth-order valence-electron chi connectivity index (χ4n) is 1.45. The van der Waals surface area contributed by atoms with Crippen molar-refractivity contribution in [1.82, 2.24) is 0 Å². The van der Waals surface area contributed by atoms with Gasteiger partial charge in [-0.1, -0.05) is 13.8 Å². The van der Waals surface area contributed by atoms with E-state index in [1.165, 1.54) is 0 Å². The second-order valence-electron chi connectivity index (χ2n) is 4.27. The molecule has 0 aliphatic heterocycles. The summed E-state index contributed by atoms with van der Waals surface area (Å²) in [4.78, 5) is 11.3. The van der Waals surface area contributed by atoms with Crippen LogP contribution in [-0.4, -0.2) is 22.8 Å². The van der Waals surface area contributed by atoms with Gasteiger partial charge in [-0.25, -0.2) is 0 Å². The van der Waals surface area contributed by atoms with Crippen LogP contribution in [0, 0.1) is 5.92 Å². The lowest BCUT2D eigenvalue weighted by molar-refractivity contribution is -0.173. The van der Waals surface area contributed by atoms with Crippen molar-refractivity contribution >= 4 is 5.97 Å². The predicted octanol–water partition coefficient (Wildman–Crippen LogP) is 1.49. The van der Waals surface area contributed by atoms with Crippen molar-refractivity contribution in [3.8, 4) is 0 Å². The molecule has 76 valence electrons. The van der Waals surface area contributed by atoms with Gasteiger partial charge in [-0.2, -0.15) is 0 Å². The SMILES string of the molecule is CCC(C)C(=O)OC1CC(C)(O)C1. The third-order valence-electron chi connectivity index (χ3n) is 2.63. The Kier molecular flexibility index (Phi) is 2.96. The van der Waals surface area contributed by atoms with Gasteiger partial charge in [0, 0.05) is 12.8 Å². The van der Waals surface area contributed by atoms with Gasteiger partial charge in [-0.15, -0.1) is 0 Å². The van der Waals surface area contributed by atoms with Crippen LogP contribution >= 0.6 is 0 Å². The summed E-state index contributed by atoms with van der Waals surface area (Å²) in [5.41, 5.74) is -0.611. The van der Waals surface area contributed by atoms with Crippen LogP contribution < -0.4 is 0 Å². The minimum absolute atomic E-state index is 0.0226. The Morgan fingerprint density at radius 2 is 2.23 bits per heavy atom. The second-order valence-corrected chi connectivity index (χ2v) is 4.27. The molecule has 13 heavy (non-hydrogen) atoms. The summed E-state index contributed by atoms with van der Waals surface area (Å²) in [5.74, 6) is -0.159. The van der Waals surface area contributed by atoms with Gasteiger partial charge in [-0.3, -0.25) is 4.79 Å². The Labute approximate surface area is 79.1 Å². The van der Waals surface area contributed by atoms with Crippen molar-refractivity contribution in [2.24, 2.45) is 5.92 Å². The van der Waals surface area contributed by atoms with E-state index in [0.717, 1.165) is 6.42 Å². The Hall–Kier alpha value is -0.570. The molecule has 1 unspecified atom stereocenters. The monoisotopic (exact) mass is 186 g/mol. The first-order valence-electron chi connectivity index (χ1n) is 4.87. The van der Waals surface area contributed by atoms with E-state index in [9.17, 15) is 9.90 Å². The fraction of sp³-hybridized carbons (Fsp3) is 0.900. The van der Waals surface area contributed by atoms with E-state index in [4.69, 9.17) is 4.74 Å². The van der Waals surface area contributed by atoms with Gasteiger partial charge in [-0.05, 0) is 13.3 Å². The van der Waals surface area contributed by atoms with Crippen LogP contribution in [0.25, 0.3) is 0 Å². The van der Waals surface area contributed by atoms with Crippen molar-refractivity contribution < 1.29 is 14.6 Å². The minimum Gasteiger partial charge on any atom is -0.462 e. The van der Waals surface area contributed by atoms with Crippen LogP contribution in [0.4, 0.5) is 0 Å². The number of aliphatic hydroxyl groups is 1. The third kappa shape index (κ3) is 2.69. The van der Waals surface area contributed by atoms with Gasteiger partial charge in [0.25, 0.3) is 0 Å². The van der Waals surface area contributed by atoms with Gasteiger partial charge in [0.05, 0.1) is 11.5 Å². The van der Waals surface area contributed by atoms with Crippen molar-refractivity contribution in [1.29, 1.82) is 0 Å². The summed E-state index contributed by atoms with van der Waals surface area (Å²) < 4.78 is 5.18. The van der Waals surface area contributed by atoms with Gasteiger partial charge < -0.3 is 9.84 Å². The smallest absolute Gasteiger partial charge is 0.308 e. The van der Waals surface area contributed by atoms with Crippen LogP contribution in [0.5, 0.6) is 0 Å². The molecule has 0 bridgehead atoms. The molecule has 0 amide bonds. The molecular formula is C10H18O3. The summed E-state index contributed by atoms with van der Waals surface area (Å²) in [5, 5.41) is 9.40.